The molecule has 376 valence electrons. The van der Waals surface area contributed by atoms with Crippen LogP contribution in [0.5, 0.6) is 5.75 Å². The summed E-state index contributed by atoms with van der Waals surface area (Å²) in [5.74, 6) is -2.63. The van der Waals surface area contributed by atoms with E-state index in [4.69, 9.17) is 15.5 Å². The summed E-state index contributed by atoms with van der Waals surface area (Å²) >= 11 is 1.14. The van der Waals surface area contributed by atoms with Gasteiger partial charge in [-0.2, -0.15) is 35.5 Å². The number of azo groups is 2. The Morgan fingerprint density at radius 2 is 1.48 bits per heavy atom. The zero-order chi connectivity index (χ0) is 52.7. The monoisotopic (exact) mass is 1100 g/mol. The molecule has 7 aromatic rings. The predicted molar refractivity (Wildman–Crippen MR) is 255 cm³/mol. The average molecular weight is 1100 g/mol. The van der Waals surface area contributed by atoms with Crippen LogP contribution in [0.3, 0.4) is 0 Å². The van der Waals surface area contributed by atoms with E-state index >= 15 is 0 Å². The number of anilines is 5. The van der Waals surface area contributed by atoms with Crippen LogP contribution in [0, 0.1) is 18.3 Å². The van der Waals surface area contributed by atoms with Crippen LogP contribution in [0.2, 0.25) is 0 Å². The first kappa shape index (κ1) is 52.8. The van der Waals surface area contributed by atoms with Gasteiger partial charge in [0.05, 0.1) is 63.0 Å². The maximum Gasteiger partial charge on any atom is 0.444 e. The minimum atomic E-state index is -5.21. The van der Waals surface area contributed by atoms with Crippen molar-refractivity contribution in [3.05, 3.63) is 115 Å². The number of pyridine rings is 1. The molecule has 0 aliphatic carbocycles. The molecule has 0 bridgehead atoms. The maximum atomic E-state index is 12.8. The number of phenols is 1. The lowest BCUT2D eigenvalue weighted by molar-refractivity contribution is -0.603. The third-order valence-electron chi connectivity index (χ3n) is 9.15. The van der Waals surface area contributed by atoms with Crippen molar-refractivity contribution >= 4 is 123 Å². The molecule has 0 saturated heterocycles. The Morgan fingerprint density at radius 3 is 2.15 bits per heavy atom. The number of nitrogens with one attached hydrogen (secondary N) is 2. The van der Waals surface area contributed by atoms with Gasteiger partial charge >= 0.3 is 34.2 Å². The Labute approximate surface area is 419 Å². The summed E-state index contributed by atoms with van der Waals surface area (Å²) in [5, 5.41) is 57.5. The standard InChI is InChI=1S/C40H29N11O17S5/c1-21-4-2-6-25(16-21)42-38-44-39(46-40(45-38)51-13-3-5-22(20-51)37(53)54)43-28-19-26(9-12-30(28)71(56,57)58)48-50-35-31(72(59,60)61)18-23-17-29(70-67-66-55)34(36(52)32(23)33(35)41)49-47-24-7-10-27(11-8-24)69-15-14-65-68-73(62,63)64/h2-13,16-20H,1H3,(H9-,41,42,43,44,45,46,47,48,52,53,54,55,56,57,58,59,60,61,62,63,64)/p+1. The van der Waals surface area contributed by atoms with Crippen molar-refractivity contribution in [3.8, 4) is 23.1 Å². The van der Waals surface area contributed by atoms with Crippen molar-refractivity contribution in [1.82, 2.24) is 15.0 Å². The molecule has 0 amide bonds. The van der Waals surface area contributed by atoms with Gasteiger partial charge in [0.15, 0.2) is 11.9 Å². The van der Waals surface area contributed by atoms with Crippen LogP contribution in [0.4, 0.5) is 51.7 Å². The molecule has 0 aliphatic heterocycles. The predicted octanol–water partition coefficient (Wildman–Crippen LogP) is 7.60. The number of fused-ring (bicyclic) bond motifs is 1. The molecule has 10 N–H and O–H groups in total. The molecule has 0 aliphatic rings. The second-order valence-corrected chi connectivity index (χ2v) is 19.5. The first-order chi connectivity index (χ1) is 34.6. The van der Waals surface area contributed by atoms with Crippen LogP contribution in [-0.2, 0) is 49.2 Å². The Hall–Kier alpha value is -7.98. The largest absolute Gasteiger partial charge is 0.505 e. The lowest BCUT2D eigenvalue weighted by Gasteiger charge is -2.14. The zero-order valence-electron chi connectivity index (χ0n) is 36.2. The molecular weight excluding hydrogens is 1070 g/mol. The Kier molecular flexibility index (Phi) is 16.1. The number of nitrogens with zero attached hydrogens (tertiary/aromatic N) is 8. The van der Waals surface area contributed by atoms with E-state index in [-0.39, 0.29) is 68.2 Å². The quantitative estimate of drug-likeness (QED) is 0.00459. The van der Waals surface area contributed by atoms with E-state index in [1.54, 1.807) is 18.2 Å². The van der Waals surface area contributed by atoms with Gasteiger partial charge in [-0.05, 0) is 123 Å². The van der Waals surface area contributed by atoms with E-state index in [1.807, 2.05) is 19.1 Å². The molecule has 0 atom stereocenters. The molecule has 5 aromatic carbocycles. The smallest absolute Gasteiger partial charge is 0.444 e. The van der Waals surface area contributed by atoms with Gasteiger partial charge in [0.2, 0.25) is 0 Å². The van der Waals surface area contributed by atoms with Gasteiger partial charge in [0.1, 0.15) is 21.2 Å². The van der Waals surface area contributed by atoms with Crippen molar-refractivity contribution in [2.24, 2.45) is 20.5 Å². The molecule has 0 radical (unpaired) electrons. The third kappa shape index (κ3) is 13.7. The van der Waals surface area contributed by atoms with Gasteiger partial charge in [-0.3, -0.25) is 18.5 Å². The fourth-order valence-electron chi connectivity index (χ4n) is 6.17. The number of thioether (sulfide) groups is 1. The molecule has 0 saturated carbocycles. The summed E-state index contributed by atoms with van der Waals surface area (Å²) in [5.41, 5.74) is 5.51. The van der Waals surface area contributed by atoms with Crippen LogP contribution in [0.15, 0.2) is 143 Å². The highest BCUT2D eigenvalue weighted by atomic mass is 32.3. The number of carboxylic acid groups (broad SMARTS) is 1. The number of aryl methyl sites for hydroxylation is 1. The third-order valence-corrected chi connectivity index (χ3v) is 12.5. The highest BCUT2D eigenvalue weighted by Crippen LogP contribution is 2.50. The van der Waals surface area contributed by atoms with E-state index < -0.39 is 69.2 Å². The molecule has 28 nitrogen and oxygen atoms in total. The Morgan fingerprint density at radius 1 is 0.795 bits per heavy atom. The first-order valence-corrected chi connectivity index (χ1v) is 25.3. The summed E-state index contributed by atoms with van der Waals surface area (Å²) in [6.45, 7) is 1.84. The van der Waals surface area contributed by atoms with Crippen molar-refractivity contribution in [2.45, 2.75) is 26.5 Å². The highest BCUT2D eigenvalue weighted by molar-refractivity contribution is 8.04. The summed E-state index contributed by atoms with van der Waals surface area (Å²) in [4.78, 5) is 27.6. The number of hydrogen-bond acceptors (Lipinski definition) is 25. The van der Waals surface area contributed by atoms with E-state index in [9.17, 15) is 49.4 Å². The number of aromatic hydroxyl groups is 1. The van der Waals surface area contributed by atoms with Gasteiger partial charge in [0, 0.05) is 15.8 Å². The number of phenolic OH excluding ortho intramolecular Hbond substituents is 1. The summed E-state index contributed by atoms with van der Waals surface area (Å²) < 4.78 is 111. The van der Waals surface area contributed by atoms with E-state index in [0.717, 1.165) is 41.6 Å². The number of carboxylic acids is 1. The molecule has 73 heavy (non-hydrogen) atoms. The van der Waals surface area contributed by atoms with Crippen LogP contribution in [-0.4, -0.2) is 75.3 Å². The van der Waals surface area contributed by atoms with Crippen LogP contribution in [0.25, 0.3) is 16.7 Å². The van der Waals surface area contributed by atoms with E-state index in [1.165, 1.54) is 59.4 Å². The first-order valence-electron chi connectivity index (χ1n) is 19.5. The van der Waals surface area contributed by atoms with Crippen molar-refractivity contribution in [1.29, 1.82) is 0 Å². The van der Waals surface area contributed by atoms with Crippen molar-refractivity contribution in [2.75, 3.05) is 16.4 Å². The number of carbonyl (C=O) groups is 1. The SMILES string of the molecule is Cc1cccc(Nc2nc(Nc3cc(N=Nc4c(S(=O)(=O)O)cc5cc(SOOO)c(N=Nc6ccc(SC#COOS(=O)(=O)O)cc6)c(O)c5c4N)ccc3S(=O)(=O)O)nc(-[n+]3cccc(C(=O)O)c3)n2)c1. The number of nitrogen functional groups attached to an aromatic ring is 1. The second kappa shape index (κ2) is 22.2. The molecule has 2 aromatic heterocycles. The molecule has 0 spiro atoms. The van der Waals surface area contributed by atoms with Crippen molar-refractivity contribution < 1.29 is 82.3 Å². The normalized spacial score (nSPS) is 12.0. The molecule has 7 rings (SSSR count). The van der Waals surface area contributed by atoms with Crippen LogP contribution in [0.1, 0.15) is 15.9 Å². The lowest BCUT2D eigenvalue weighted by atomic mass is 10.1. The maximum absolute atomic E-state index is 12.8. The second-order valence-electron chi connectivity index (χ2n) is 14.1. The minimum absolute atomic E-state index is 0.104. The topological polar surface area (TPSA) is 420 Å². The highest BCUT2D eigenvalue weighted by Gasteiger charge is 2.27. The van der Waals surface area contributed by atoms with E-state index in [0.29, 0.717) is 10.6 Å². The minimum Gasteiger partial charge on any atom is -0.505 e. The Bertz CT molecular complexity index is 3790. The number of rotatable bonds is 18. The van der Waals surface area contributed by atoms with Gasteiger partial charge in [-0.1, -0.05) is 17.2 Å². The number of benzene rings is 5. The van der Waals surface area contributed by atoms with Gasteiger partial charge in [-0.15, -0.1) is 19.5 Å². The summed E-state index contributed by atoms with van der Waals surface area (Å²) in [7, 11) is -15.1. The Balaban J connectivity index is 1.27. The number of hydrogen-bond donors (Lipinski definition) is 9. The van der Waals surface area contributed by atoms with E-state index in [2.05, 4.69) is 69.9 Å². The van der Waals surface area contributed by atoms with Gasteiger partial charge in [0.25, 0.3) is 20.2 Å². The zero-order valence-corrected chi connectivity index (χ0v) is 40.3. The molecule has 2 heterocycles. The number of aromatic carboxylic acids is 1. The summed E-state index contributed by atoms with van der Waals surface area (Å²) in [6, 6.07) is 20.7. The van der Waals surface area contributed by atoms with Crippen molar-refractivity contribution in [3.63, 3.8) is 0 Å². The van der Waals surface area contributed by atoms with Crippen LogP contribution >= 0.6 is 23.8 Å². The van der Waals surface area contributed by atoms with Gasteiger partial charge in [-0.25, -0.2) is 14.6 Å². The molecule has 33 heteroatoms. The molecule has 0 fully saturated rings. The number of nitrogens with two attached hydrogens (primary N) is 1. The van der Waals surface area contributed by atoms with Crippen LogP contribution < -0.4 is 20.9 Å². The van der Waals surface area contributed by atoms with Gasteiger partial charge < -0.3 is 26.6 Å². The fraction of sp³-hybridized carbons (Fsp3) is 0.0250. The number of aromatic nitrogens is 4. The average Bonchev–Trinajstić information content (AvgIpc) is 3.32. The molecular formula is C40H30N11O17S5+. The lowest BCUT2D eigenvalue weighted by Crippen LogP contribution is -2.34. The summed E-state index contributed by atoms with van der Waals surface area (Å²) in [6.07, 6.45) is 4.53. The molecule has 0 unspecified atom stereocenters. The fourth-order valence-corrected chi connectivity index (χ4v) is 8.55.